The molecule has 0 saturated heterocycles. The largest absolute Gasteiger partial charge is 0.416 e. The number of amides is 2. The third-order valence-corrected chi connectivity index (χ3v) is 5.24. The maximum atomic E-state index is 12.8. The van der Waals surface area contributed by atoms with E-state index >= 15 is 0 Å². The van der Waals surface area contributed by atoms with E-state index in [1.54, 1.807) is 29.3 Å². The number of alkyl halides is 3. The van der Waals surface area contributed by atoms with E-state index in [0.717, 1.165) is 25.0 Å². The summed E-state index contributed by atoms with van der Waals surface area (Å²) in [6.45, 7) is 1.84. The number of hydrogen-bond acceptors (Lipinski definition) is 3. The van der Waals surface area contributed by atoms with Crippen molar-refractivity contribution in [1.82, 2.24) is 10.2 Å². The Labute approximate surface area is 159 Å². The summed E-state index contributed by atoms with van der Waals surface area (Å²) in [6, 6.07) is 7.61. The zero-order chi connectivity index (χ0) is 19.6. The fourth-order valence-corrected chi connectivity index (χ4v) is 3.38. The Morgan fingerprint density at radius 2 is 1.89 bits per heavy atom. The molecule has 0 bridgehead atoms. The van der Waals surface area contributed by atoms with E-state index in [-0.39, 0.29) is 24.4 Å². The Balaban J connectivity index is 1.66. The number of halogens is 3. The van der Waals surface area contributed by atoms with Crippen LogP contribution in [-0.4, -0.2) is 28.8 Å². The van der Waals surface area contributed by atoms with Gasteiger partial charge < -0.3 is 10.2 Å². The number of hydrogen-bond donors (Lipinski definition) is 1. The standard InChI is InChI=1S/C19H19F3N2O2S/c1-12(23-17(25)16-3-2-10-27-16)18(26)24(15-8-9-15)11-13-4-6-14(7-5-13)19(20,21)22/h2-7,10,12,15H,8-9,11H2,1H3,(H,23,25). The smallest absolute Gasteiger partial charge is 0.340 e. The van der Waals surface area contributed by atoms with Gasteiger partial charge in [0.2, 0.25) is 5.91 Å². The monoisotopic (exact) mass is 396 g/mol. The third-order valence-electron chi connectivity index (χ3n) is 4.37. The molecule has 1 heterocycles. The molecule has 0 spiro atoms. The summed E-state index contributed by atoms with van der Waals surface area (Å²) in [6.07, 6.45) is -2.67. The molecule has 27 heavy (non-hydrogen) atoms. The number of thiophene rings is 1. The maximum Gasteiger partial charge on any atom is 0.416 e. The number of rotatable bonds is 6. The fraction of sp³-hybridized carbons (Fsp3) is 0.368. The van der Waals surface area contributed by atoms with E-state index in [4.69, 9.17) is 0 Å². The number of benzene rings is 1. The van der Waals surface area contributed by atoms with E-state index in [1.165, 1.54) is 23.5 Å². The van der Waals surface area contributed by atoms with E-state index < -0.39 is 17.8 Å². The molecule has 1 aliphatic carbocycles. The highest BCUT2D eigenvalue weighted by Gasteiger charge is 2.35. The minimum atomic E-state index is -4.38. The first-order valence-electron chi connectivity index (χ1n) is 8.56. The molecular weight excluding hydrogens is 377 g/mol. The predicted octanol–water partition coefficient (Wildman–Crippen LogP) is 4.08. The van der Waals surface area contributed by atoms with E-state index in [9.17, 15) is 22.8 Å². The van der Waals surface area contributed by atoms with Crippen molar-refractivity contribution in [3.8, 4) is 0 Å². The van der Waals surface area contributed by atoms with Crippen LogP contribution in [0.3, 0.4) is 0 Å². The highest BCUT2D eigenvalue weighted by atomic mass is 32.1. The second-order valence-corrected chi connectivity index (χ2v) is 7.51. The quantitative estimate of drug-likeness (QED) is 0.800. The molecular formula is C19H19F3N2O2S. The van der Waals surface area contributed by atoms with Crippen LogP contribution in [0.15, 0.2) is 41.8 Å². The van der Waals surface area contributed by atoms with Crippen molar-refractivity contribution in [2.75, 3.05) is 0 Å². The SMILES string of the molecule is CC(NC(=O)c1cccs1)C(=O)N(Cc1ccc(C(F)(F)F)cc1)C1CC1. The summed E-state index contributed by atoms with van der Waals surface area (Å²) >= 11 is 1.29. The van der Waals surface area contributed by atoms with Gasteiger partial charge in [-0.1, -0.05) is 18.2 Å². The molecule has 0 radical (unpaired) electrons. The molecule has 2 amide bonds. The lowest BCUT2D eigenvalue weighted by molar-refractivity contribution is -0.137. The molecule has 2 aromatic rings. The fourth-order valence-electron chi connectivity index (χ4n) is 2.76. The Hall–Kier alpha value is -2.35. The molecule has 1 N–H and O–H groups in total. The van der Waals surface area contributed by atoms with Crippen molar-refractivity contribution < 1.29 is 22.8 Å². The zero-order valence-electron chi connectivity index (χ0n) is 14.6. The van der Waals surface area contributed by atoms with Crippen LogP contribution < -0.4 is 5.32 Å². The molecule has 4 nitrogen and oxygen atoms in total. The van der Waals surface area contributed by atoms with Gasteiger partial charge in [0.05, 0.1) is 10.4 Å². The van der Waals surface area contributed by atoms with Gasteiger partial charge in [0, 0.05) is 12.6 Å². The highest BCUT2D eigenvalue weighted by molar-refractivity contribution is 7.12. The van der Waals surface area contributed by atoms with Gasteiger partial charge in [-0.3, -0.25) is 9.59 Å². The van der Waals surface area contributed by atoms with E-state index in [1.807, 2.05) is 0 Å². The molecule has 3 rings (SSSR count). The summed E-state index contributed by atoms with van der Waals surface area (Å²) in [4.78, 5) is 27.1. The number of nitrogens with zero attached hydrogens (tertiary/aromatic N) is 1. The Morgan fingerprint density at radius 3 is 2.41 bits per heavy atom. The molecule has 1 aromatic heterocycles. The number of carbonyl (C=O) groups excluding carboxylic acids is 2. The lowest BCUT2D eigenvalue weighted by Crippen LogP contribution is -2.47. The van der Waals surface area contributed by atoms with Crippen molar-refractivity contribution in [2.24, 2.45) is 0 Å². The first-order valence-corrected chi connectivity index (χ1v) is 9.44. The lowest BCUT2D eigenvalue weighted by atomic mass is 10.1. The summed E-state index contributed by atoms with van der Waals surface area (Å²) in [5, 5.41) is 4.47. The summed E-state index contributed by atoms with van der Waals surface area (Å²) in [7, 11) is 0. The van der Waals surface area contributed by atoms with Crippen LogP contribution in [-0.2, 0) is 17.5 Å². The van der Waals surface area contributed by atoms with Gasteiger partial charge >= 0.3 is 6.18 Å². The van der Waals surface area contributed by atoms with Crippen molar-refractivity contribution in [2.45, 2.75) is 44.6 Å². The van der Waals surface area contributed by atoms with Crippen LogP contribution in [0.5, 0.6) is 0 Å². The second-order valence-electron chi connectivity index (χ2n) is 6.56. The van der Waals surface area contributed by atoms with Gasteiger partial charge in [-0.15, -0.1) is 11.3 Å². The first-order chi connectivity index (χ1) is 12.8. The van der Waals surface area contributed by atoms with Gasteiger partial charge in [-0.25, -0.2) is 0 Å². The molecule has 1 atom stereocenters. The van der Waals surface area contributed by atoms with Gasteiger partial charge in [0.25, 0.3) is 5.91 Å². The first kappa shape index (κ1) is 19.4. The van der Waals surface area contributed by atoms with Crippen molar-refractivity contribution in [3.63, 3.8) is 0 Å². The van der Waals surface area contributed by atoms with E-state index in [0.29, 0.717) is 10.4 Å². The average molecular weight is 396 g/mol. The Morgan fingerprint density at radius 1 is 1.22 bits per heavy atom. The topological polar surface area (TPSA) is 49.4 Å². The molecule has 144 valence electrons. The van der Waals surface area contributed by atoms with Gasteiger partial charge in [0.1, 0.15) is 6.04 Å². The van der Waals surface area contributed by atoms with Crippen LogP contribution in [0.1, 0.15) is 40.6 Å². The number of carbonyl (C=O) groups is 2. The van der Waals surface area contributed by atoms with Crippen molar-refractivity contribution in [1.29, 1.82) is 0 Å². The molecule has 1 saturated carbocycles. The summed E-state index contributed by atoms with van der Waals surface area (Å²) < 4.78 is 38.1. The second kappa shape index (κ2) is 7.72. The predicted molar refractivity (Wildman–Crippen MR) is 96.3 cm³/mol. The Kier molecular flexibility index (Phi) is 5.55. The van der Waals surface area contributed by atoms with Crippen LogP contribution in [0, 0.1) is 0 Å². The summed E-state index contributed by atoms with van der Waals surface area (Å²) in [5.41, 5.74) is -0.0906. The van der Waals surface area contributed by atoms with Crippen molar-refractivity contribution in [3.05, 3.63) is 57.8 Å². The molecule has 1 fully saturated rings. The minimum absolute atomic E-state index is 0.0703. The molecule has 0 aliphatic heterocycles. The van der Waals surface area contributed by atoms with Crippen LogP contribution in [0.25, 0.3) is 0 Å². The minimum Gasteiger partial charge on any atom is -0.340 e. The Bertz CT molecular complexity index is 799. The van der Waals surface area contributed by atoms with Crippen LogP contribution >= 0.6 is 11.3 Å². The maximum absolute atomic E-state index is 12.8. The summed E-state index contributed by atoms with van der Waals surface area (Å²) in [5.74, 6) is -0.543. The third kappa shape index (κ3) is 4.88. The molecule has 1 unspecified atom stereocenters. The lowest BCUT2D eigenvalue weighted by Gasteiger charge is -2.26. The number of nitrogens with one attached hydrogen (secondary N) is 1. The van der Waals surface area contributed by atoms with Crippen molar-refractivity contribution >= 4 is 23.2 Å². The van der Waals surface area contributed by atoms with Gasteiger partial charge in [-0.05, 0) is 48.9 Å². The zero-order valence-corrected chi connectivity index (χ0v) is 15.4. The van der Waals surface area contributed by atoms with E-state index in [2.05, 4.69) is 5.32 Å². The van der Waals surface area contributed by atoms with Gasteiger partial charge in [-0.2, -0.15) is 13.2 Å². The van der Waals surface area contributed by atoms with Crippen LogP contribution in [0.4, 0.5) is 13.2 Å². The normalized spacial score (nSPS) is 15.3. The molecule has 1 aliphatic rings. The van der Waals surface area contributed by atoms with Gasteiger partial charge in [0.15, 0.2) is 0 Å². The average Bonchev–Trinajstić information content (AvgIpc) is 3.31. The highest BCUT2D eigenvalue weighted by Crippen LogP contribution is 2.31. The van der Waals surface area contributed by atoms with Crippen LogP contribution in [0.2, 0.25) is 0 Å². The molecule has 8 heteroatoms. The molecule has 1 aromatic carbocycles.